The van der Waals surface area contributed by atoms with Crippen molar-refractivity contribution in [3.8, 4) is 5.75 Å². The summed E-state index contributed by atoms with van der Waals surface area (Å²) in [7, 11) is 1.49. The Morgan fingerprint density at radius 1 is 1.29 bits per heavy atom. The standard InChI is InChI=1S/C18H17N3O7/c1-18(2)27-16(22)14(17(23)28-18)7-11-4-5-15(26-3)12(6-11)9-20-10-13(8-19-20)21(24)25/h4-8,10H,9H2,1-3H3. The van der Waals surface area contributed by atoms with Crippen molar-refractivity contribution in [2.24, 2.45) is 0 Å². The monoisotopic (exact) mass is 387 g/mol. The van der Waals surface area contributed by atoms with Crippen LogP contribution in [-0.2, 0) is 25.6 Å². The highest BCUT2D eigenvalue weighted by Gasteiger charge is 2.38. The van der Waals surface area contributed by atoms with E-state index in [4.69, 9.17) is 14.2 Å². The largest absolute Gasteiger partial charge is 0.496 e. The predicted molar refractivity (Wildman–Crippen MR) is 95.2 cm³/mol. The van der Waals surface area contributed by atoms with Crippen molar-refractivity contribution in [3.63, 3.8) is 0 Å². The van der Waals surface area contributed by atoms with Crippen molar-refractivity contribution in [2.45, 2.75) is 26.2 Å². The summed E-state index contributed by atoms with van der Waals surface area (Å²) in [4.78, 5) is 34.5. The van der Waals surface area contributed by atoms with Crippen molar-refractivity contribution >= 4 is 23.7 Å². The fourth-order valence-corrected chi connectivity index (χ4v) is 2.66. The Labute approximate surface area is 159 Å². The average molecular weight is 387 g/mol. The summed E-state index contributed by atoms with van der Waals surface area (Å²) in [5.74, 6) is -2.34. The van der Waals surface area contributed by atoms with Gasteiger partial charge in [-0.15, -0.1) is 0 Å². The van der Waals surface area contributed by atoms with Gasteiger partial charge in [-0.05, 0) is 23.8 Å². The normalized spacial score (nSPS) is 15.6. The third-order valence-electron chi connectivity index (χ3n) is 3.90. The molecule has 0 saturated carbocycles. The number of ether oxygens (including phenoxy) is 3. The van der Waals surface area contributed by atoms with Gasteiger partial charge < -0.3 is 14.2 Å². The van der Waals surface area contributed by atoms with Gasteiger partial charge in [0.1, 0.15) is 23.7 Å². The van der Waals surface area contributed by atoms with Gasteiger partial charge in [-0.3, -0.25) is 14.8 Å². The maximum Gasteiger partial charge on any atom is 0.348 e. The summed E-state index contributed by atoms with van der Waals surface area (Å²) in [5.41, 5.74) is 0.812. The summed E-state index contributed by atoms with van der Waals surface area (Å²) in [6.45, 7) is 3.12. The molecule has 1 aromatic heterocycles. The minimum Gasteiger partial charge on any atom is -0.496 e. The van der Waals surface area contributed by atoms with Crippen molar-refractivity contribution in [3.05, 3.63) is 57.4 Å². The first kappa shape index (κ1) is 19.1. The van der Waals surface area contributed by atoms with Crippen LogP contribution >= 0.6 is 0 Å². The second kappa shape index (κ2) is 7.14. The van der Waals surface area contributed by atoms with Gasteiger partial charge >= 0.3 is 17.6 Å². The van der Waals surface area contributed by atoms with E-state index in [-0.39, 0.29) is 17.8 Å². The molecule has 0 radical (unpaired) electrons. The number of methoxy groups -OCH3 is 1. The summed E-state index contributed by atoms with van der Waals surface area (Å²) < 4.78 is 16.8. The fraction of sp³-hybridized carbons (Fsp3) is 0.278. The molecule has 0 aliphatic carbocycles. The second-order valence-corrected chi connectivity index (χ2v) is 6.46. The van der Waals surface area contributed by atoms with Crippen LogP contribution in [-0.4, -0.2) is 39.5 Å². The Morgan fingerprint density at radius 2 is 1.96 bits per heavy atom. The van der Waals surface area contributed by atoms with E-state index in [9.17, 15) is 19.7 Å². The van der Waals surface area contributed by atoms with Gasteiger partial charge in [0, 0.05) is 19.4 Å². The maximum absolute atomic E-state index is 12.1. The lowest BCUT2D eigenvalue weighted by molar-refractivity contribution is -0.385. The van der Waals surface area contributed by atoms with Crippen LogP contribution in [0.1, 0.15) is 25.0 Å². The lowest BCUT2D eigenvalue weighted by Crippen LogP contribution is -2.41. The van der Waals surface area contributed by atoms with E-state index < -0.39 is 22.6 Å². The van der Waals surface area contributed by atoms with Crippen molar-refractivity contribution in [2.75, 3.05) is 7.11 Å². The van der Waals surface area contributed by atoms with Gasteiger partial charge in [0.05, 0.1) is 18.6 Å². The number of nitro groups is 1. The Balaban J connectivity index is 1.91. The number of cyclic esters (lactones) is 2. The third-order valence-corrected chi connectivity index (χ3v) is 3.90. The Morgan fingerprint density at radius 3 is 2.54 bits per heavy atom. The highest BCUT2D eigenvalue weighted by Crippen LogP contribution is 2.26. The molecule has 2 heterocycles. The quantitative estimate of drug-likeness (QED) is 0.251. The zero-order valence-corrected chi connectivity index (χ0v) is 15.4. The van der Waals surface area contributed by atoms with Gasteiger partial charge in [0.2, 0.25) is 0 Å². The van der Waals surface area contributed by atoms with Gasteiger partial charge in [-0.1, -0.05) is 6.07 Å². The van der Waals surface area contributed by atoms with E-state index in [1.807, 2.05) is 0 Å². The van der Waals surface area contributed by atoms with E-state index in [0.717, 1.165) is 6.20 Å². The first-order valence-electron chi connectivity index (χ1n) is 8.20. The second-order valence-electron chi connectivity index (χ2n) is 6.46. The molecule has 10 nitrogen and oxygen atoms in total. The number of hydrogen-bond acceptors (Lipinski definition) is 8. The van der Waals surface area contributed by atoms with E-state index in [1.54, 1.807) is 18.2 Å². The van der Waals surface area contributed by atoms with E-state index in [0.29, 0.717) is 16.9 Å². The topological polar surface area (TPSA) is 123 Å². The maximum atomic E-state index is 12.1. The number of benzene rings is 1. The summed E-state index contributed by atoms with van der Waals surface area (Å²) in [6.07, 6.45) is 3.80. The first-order valence-corrected chi connectivity index (χ1v) is 8.20. The SMILES string of the molecule is COc1ccc(C=C2C(=O)OC(C)(C)OC2=O)cc1Cn1cc([N+](=O)[O-])cn1. The molecular weight excluding hydrogens is 370 g/mol. The van der Waals surface area contributed by atoms with Crippen LogP contribution in [0.4, 0.5) is 5.69 Å². The van der Waals surface area contributed by atoms with E-state index >= 15 is 0 Å². The number of hydrogen-bond donors (Lipinski definition) is 0. The van der Waals surface area contributed by atoms with Crippen molar-refractivity contribution < 1.29 is 28.7 Å². The number of nitrogens with zero attached hydrogens (tertiary/aromatic N) is 3. The summed E-state index contributed by atoms with van der Waals surface area (Å²) >= 11 is 0. The lowest BCUT2D eigenvalue weighted by Gasteiger charge is -2.29. The van der Waals surface area contributed by atoms with Crippen LogP contribution in [0.15, 0.2) is 36.2 Å². The molecule has 146 valence electrons. The number of aromatic nitrogens is 2. The summed E-state index contributed by atoms with van der Waals surface area (Å²) in [6, 6.07) is 4.99. The van der Waals surface area contributed by atoms with Crippen LogP contribution < -0.4 is 4.74 Å². The number of carbonyl (C=O) groups is 2. The molecule has 1 aliphatic rings. The number of rotatable bonds is 5. The molecule has 1 aliphatic heterocycles. The minimum absolute atomic E-state index is 0.132. The zero-order valence-electron chi connectivity index (χ0n) is 15.4. The molecule has 0 N–H and O–H groups in total. The van der Waals surface area contributed by atoms with Crippen LogP contribution in [0.5, 0.6) is 5.75 Å². The lowest BCUT2D eigenvalue weighted by atomic mass is 10.1. The van der Waals surface area contributed by atoms with Crippen LogP contribution in [0.25, 0.3) is 6.08 Å². The molecule has 28 heavy (non-hydrogen) atoms. The first-order chi connectivity index (χ1) is 13.2. The molecule has 1 saturated heterocycles. The molecule has 0 atom stereocenters. The van der Waals surface area contributed by atoms with E-state index in [1.165, 1.54) is 37.9 Å². The predicted octanol–water partition coefficient (Wildman–Crippen LogP) is 2.07. The number of carbonyl (C=O) groups excluding carboxylic acids is 2. The van der Waals surface area contributed by atoms with Crippen LogP contribution in [0.3, 0.4) is 0 Å². The van der Waals surface area contributed by atoms with Gasteiger partial charge in [-0.2, -0.15) is 5.10 Å². The molecular formula is C18H17N3O7. The minimum atomic E-state index is -1.31. The third kappa shape index (κ3) is 4.00. The Hall–Kier alpha value is -3.69. The molecule has 1 fully saturated rings. The highest BCUT2D eigenvalue weighted by molar-refractivity contribution is 6.18. The van der Waals surface area contributed by atoms with E-state index in [2.05, 4.69) is 5.10 Å². The molecule has 0 bridgehead atoms. The summed E-state index contributed by atoms with van der Waals surface area (Å²) in [5, 5.41) is 14.8. The molecule has 1 aromatic carbocycles. The molecule has 0 unspecified atom stereocenters. The molecule has 0 spiro atoms. The smallest absolute Gasteiger partial charge is 0.348 e. The van der Waals surface area contributed by atoms with Crippen molar-refractivity contribution in [1.82, 2.24) is 9.78 Å². The van der Waals surface area contributed by atoms with Gasteiger partial charge in [0.25, 0.3) is 5.79 Å². The molecule has 2 aromatic rings. The molecule has 3 rings (SSSR count). The number of esters is 2. The van der Waals surface area contributed by atoms with Gasteiger partial charge in [-0.25, -0.2) is 9.59 Å². The zero-order chi connectivity index (χ0) is 20.5. The van der Waals surface area contributed by atoms with Crippen LogP contribution in [0, 0.1) is 10.1 Å². The fourth-order valence-electron chi connectivity index (χ4n) is 2.66. The Kier molecular flexibility index (Phi) is 4.87. The van der Waals surface area contributed by atoms with Crippen molar-refractivity contribution in [1.29, 1.82) is 0 Å². The highest BCUT2D eigenvalue weighted by atomic mass is 16.7. The van der Waals surface area contributed by atoms with Crippen LogP contribution in [0.2, 0.25) is 0 Å². The van der Waals surface area contributed by atoms with Gasteiger partial charge in [0.15, 0.2) is 0 Å². The average Bonchev–Trinajstić information content (AvgIpc) is 3.06. The Bertz CT molecular complexity index is 969. The molecule has 10 heteroatoms. The molecule has 0 amide bonds.